The summed E-state index contributed by atoms with van der Waals surface area (Å²) in [6, 6.07) is 6.92. The van der Waals surface area contributed by atoms with E-state index in [2.05, 4.69) is 5.32 Å². The number of para-hydroxylation sites is 1. The van der Waals surface area contributed by atoms with Crippen molar-refractivity contribution < 1.29 is 8.42 Å². The molecule has 3 nitrogen and oxygen atoms in total. The maximum Gasteiger partial charge on any atom is 0.198 e. The van der Waals surface area contributed by atoms with Gasteiger partial charge in [0.2, 0.25) is 0 Å². The van der Waals surface area contributed by atoms with Crippen LogP contribution in [-0.2, 0) is 9.84 Å². The molecule has 1 aliphatic heterocycles. The van der Waals surface area contributed by atoms with Gasteiger partial charge in [-0.25, -0.2) is 8.42 Å². The lowest BCUT2D eigenvalue weighted by Crippen LogP contribution is -2.02. The van der Waals surface area contributed by atoms with Crippen molar-refractivity contribution in [1.29, 1.82) is 0 Å². The second kappa shape index (κ2) is 1.98. The summed E-state index contributed by atoms with van der Waals surface area (Å²) in [5.41, 5.74) is 0.715. The van der Waals surface area contributed by atoms with E-state index in [0.717, 1.165) is 0 Å². The first-order valence-corrected chi connectivity index (χ1v) is 4.91. The third-order valence-corrected chi connectivity index (χ3v) is 3.23. The van der Waals surface area contributed by atoms with E-state index in [-0.39, 0.29) is 5.88 Å². The van der Waals surface area contributed by atoms with Crippen molar-refractivity contribution in [3.8, 4) is 0 Å². The van der Waals surface area contributed by atoms with Crippen LogP contribution in [0.1, 0.15) is 0 Å². The van der Waals surface area contributed by atoms with E-state index >= 15 is 0 Å². The average molecular weight is 169 g/mol. The minimum atomic E-state index is -3.02. The van der Waals surface area contributed by atoms with E-state index < -0.39 is 9.84 Å². The summed E-state index contributed by atoms with van der Waals surface area (Å²) < 4.78 is 22.4. The van der Waals surface area contributed by atoms with Crippen LogP contribution < -0.4 is 5.32 Å². The van der Waals surface area contributed by atoms with Crippen LogP contribution in [0, 0.1) is 0 Å². The van der Waals surface area contributed by atoms with Crippen molar-refractivity contribution in [3.63, 3.8) is 0 Å². The Labute approximate surface area is 65.0 Å². The molecule has 1 aromatic rings. The Morgan fingerprint density at radius 2 is 2.00 bits per heavy atom. The lowest BCUT2D eigenvalue weighted by molar-refractivity contribution is 0.601. The van der Waals surface area contributed by atoms with Gasteiger partial charge in [0.05, 0.1) is 10.6 Å². The van der Waals surface area contributed by atoms with Crippen LogP contribution in [0.2, 0.25) is 0 Å². The van der Waals surface area contributed by atoms with E-state index in [1.54, 1.807) is 18.2 Å². The fourth-order valence-corrected chi connectivity index (χ4v) is 2.40. The maximum absolute atomic E-state index is 11.2. The topological polar surface area (TPSA) is 46.2 Å². The van der Waals surface area contributed by atoms with E-state index in [9.17, 15) is 8.42 Å². The molecule has 0 atom stereocenters. The number of rotatable bonds is 0. The Hall–Kier alpha value is -1.03. The molecule has 0 spiro atoms. The normalized spacial score (nSPS) is 18.9. The molecule has 0 bridgehead atoms. The van der Waals surface area contributed by atoms with Crippen LogP contribution in [0.25, 0.3) is 0 Å². The molecule has 11 heavy (non-hydrogen) atoms. The lowest BCUT2D eigenvalue weighted by Gasteiger charge is -1.92. The first-order valence-electron chi connectivity index (χ1n) is 3.26. The van der Waals surface area contributed by atoms with Crippen molar-refractivity contribution in [2.75, 3.05) is 11.2 Å². The quantitative estimate of drug-likeness (QED) is 0.626. The van der Waals surface area contributed by atoms with E-state index in [1.807, 2.05) is 6.07 Å². The van der Waals surface area contributed by atoms with Gasteiger partial charge in [-0.2, -0.15) is 0 Å². The van der Waals surface area contributed by atoms with Gasteiger partial charge in [0.1, 0.15) is 5.88 Å². The van der Waals surface area contributed by atoms with Gasteiger partial charge in [-0.3, -0.25) is 0 Å². The van der Waals surface area contributed by atoms with E-state index in [0.29, 0.717) is 10.6 Å². The van der Waals surface area contributed by atoms with Crippen molar-refractivity contribution >= 4 is 15.5 Å². The van der Waals surface area contributed by atoms with Crippen LogP contribution in [0.4, 0.5) is 5.69 Å². The highest BCUT2D eigenvalue weighted by atomic mass is 32.2. The van der Waals surface area contributed by atoms with Gasteiger partial charge >= 0.3 is 0 Å². The van der Waals surface area contributed by atoms with Gasteiger partial charge < -0.3 is 5.32 Å². The summed E-state index contributed by atoms with van der Waals surface area (Å²) in [4.78, 5) is 0.417. The molecule has 0 aromatic heterocycles. The predicted molar refractivity (Wildman–Crippen MR) is 42.1 cm³/mol. The molecule has 1 heterocycles. The van der Waals surface area contributed by atoms with Crippen LogP contribution in [0.5, 0.6) is 0 Å². The molecule has 0 unspecified atom stereocenters. The molecule has 1 aliphatic rings. The summed E-state index contributed by atoms with van der Waals surface area (Å²) in [5, 5.41) is 2.80. The van der Waals surface area contributed by atoms with Gasteiger partial charge in [0.25, 0.3) is 0 Å². The number of benzene rings is 1. The minimum absolute atomic E-state index is 0.0341. The van der Waals surface area contributed by atoms with E-state index in [4.69, 9.17) is 0 Å². The summed E-state index contributed by atoms with van der Waals surface area (Å²) in [7, 11) is -3.02. The summed E-state index contributed by atoms with van der Waals surface area (Å²) in [5.74, 6) is 0.0341. The standard InChI is InChI=1S/C7H7NO2S/c9-11(10)5-8-6-3-1-2-4-7(6)11/h1-4,8H,5H2. The summed E-state index contributed by atoms with van der Waals surface area (Å²) in [6.45, 7) is 0. The molecule has 58 valence electrons. The molecular weight excluding hydrogens is 162 g/mol. The molecule has 0 saturated heterocycles. The molecule has 2 rings (SSSR count). The van der Waals surface area contributed by atoms with Crippen LogP contribution in [0.3, 0.4) is 0 Å². The van der Waals surface area contributed by atoms with E-state index in [1.165, 1.54) is 0 Å². The largest absolute Gasteiger partial charge is 0.370 e. The molecule has 0 aliphatic carbocycles. The summed E-state index contributed by atoms with van der Waals surface area (Å²) in [6.07, 6.45) is 0. The van der Waals surface area contributed by atoms with Crippen molar-refractivity contribution in [1.82, 2.24) is 0 Å². The highest BCUT2D eigenvalue weighted by Crippen LogP contribution is 2.27. The molecule has 4 heteroatoms. The van der Waals surface area contributed by atoms with Gasteiger partial charge in [-0.15, -0.1) is 0 Å². The number of sulfone groups is 1. The van der Waals surface area contributed by atoms with Crippen molar-refractivity contribution in [2.24, 2.45) is 0 Å². The smallest absolute Gasteiger partial charge is 0.198 e. The molecule has 0 fully saturated rings. The number of nitrogens with one attached hydrogen (secondary N) is 1. The fourth-order valence-electron chi connectivity index (χ4n) is 1.13. The van der Waals surface area contributed by atoms with Crippen molar-refractivity contribution in [2.45, 2.75) is 4.90 Å². The Morgan fingerprint density at radius 3 is 2.73 bits per heavy atom. The third-order valence-electron chi connectivity index (χ3n) is 1.67. The molecule has 1 aromatic carbocycles. The predicted octanol–water partition coefficient (Wildman–Crippen LogP) is 0.843. The zero-order valence-electron chi connectivity index (χ0n) is 5.74. The zero-order chi connectivity index (χ0) is 7.90. The summed E-state index contributed by atoms with van der Waals surface area (Å²) >= 11 is 0. The van der Waals surface area contributed by atoms with Crippen LogP contribution in [-0.4, -0.2) is 14.3 Å². The molecule has 1 N–H and O–H groups in total. The monoisotopic (exact) mass is 169 g/mol. The lowest BCUT2D eigenvalue weighted by atomic mass is 10.3. The van der Waals surface area contributed by atoms with Crippen LogP contribution in [0.15, 0.2) is 29.2 Å². The molecule has 0 radical (unpaired) electrons. The Balaban J connectivity index is 2.75. The maximum atomic E-state index is 11.2. The van der Waals surface area contributed by atoms with Gasteiger partial charge in [0, 0.05) is 0 Å². The second-order valence-corrected chi connectivity index (χ2v) is 4.39. The Kier molecular flexibility index (Phi) is 1.20. The van der Waals surface area contributed by atoms with Crippen LogP contribution >= 0.6 is 0 Å². The number of anilines is 1. The third kappa shape index (κ3) is 0.903. The number of hydrogen-bond donors (Lipinski definition) is 1. The Bertz CT molecular complexity index is 383. The van der Waals surface area contributed by atoms with Crippen molar-refractivity contribution in [3.05, 3.63) is 24.3 Å². The van der Waals surface area contributed by atoms with Gasteiger partial charge in [-0.05, 0) is 12.1 Å². The first-order chi connectivity index (χ1) is 5.20. The first kappa shape index (κ1) is 6.67. The molecular formula is C7H7NO2S. The minimum Gasteiger partial charge on any atom is -0.370 e. The molecule has 0 saturated carbocycles. The zero-order valence-corrected chi connectivity index (χ0v) is 6.56. The SMILES string of the molecule is O=S1(=O)CNc2ccccc21. The van der Waals surface area contributed by atoms with Gasteiger partial charge in [-0.1, -0.05) is 12.1 Å². The highest BCUT2D eigenvalue weighted by Gasteiger charge is 2.24. The average Bonchev–Trinajstić information content (AvgIpc) is 2.29. The molecule has 0 amide bonds. The number of hydrogen-bond acceptors (Lipinski definition) is 3. The fraction of sp³-hybridized carbons (Fsp3) is 0.143. The Morgan fingerprint density at radius 1 is 1.27 bits per heavy atom. The number of fused-ring (bicyclic) bond motifs is 1. The highest BCUT2D eigenvalue weighted by molar-refractivity contribution is 7.92. The second-order valence-electron chi connectivity index (χ2n) is 2.43. The van der Waals surface area contributed by atoms with Gasteiger partial charge in [0.15, 0.2) is 9.84 Å².